The van der Waals surface area contributed by atoms with Crippen molar-refractivity contribution >= 4 is 39.9 Å². The molecule has 6 heteroatoms. The van der Waals surface area contributed by atoms with E-state index in [0.29, 0.717) is 5.56 Å². The first-order chi connectivity index (χ1) is 11.6. The van der Waals surface area contributed by atoms with Gasteiger partial charge in [0.1, 0.15) is 11.9 Å². The van der Waals surface area contributed by atoms with Crippen molar-refractivity contribution in [1.29, 1.82) is 0 Å². The predicted molar refractivity (Wildman–Crippen MR) is 107 cm³/mol. The van der Waals surface area contributed by atoms with Gasteiger partial charge in [-0.1, -0.05) is 22.0 Å². The van der Waals surface area contributed by atoms with Crippen LogP contribution in [0.25, 0.3) is 0 Å². The third-order valence-corrected chi connectivity index (χ3v) is 4.70. The third kappa shape index (κ3) is 5.73. The van der Waals surface area contributed by atoms with Crippen molar-refractivity contribution in [2.24, 2.45) is 0 Å². The van der Waals surface area contributed by atoms with E-state index in [4.69, 9.17) is 4.74 Å². The normalized spacial score (nSPS) is 15.3. The molecule has 1 heterocycles. The Hall–Kier alpha value is -1.56. The van der Waals surface area contributed by atoms with Crippen LogP contribution in [0, 0.1) is 0 Å². The average molecular weight is 426 g/mol. The summed E-state index contributed by atoms with van der Waals surface area (Å²) in [4.78, 5) is 14.6. The second kappa shape index (κ2) is 9.22. The summed E-state index contributed by atoms with van der Waals surface area (Å²) in [5, 5.41) is 2.92. The molecule has 25 heavy (non-hydrogen) atoms. The minimum atomic E-state index is -0.126. The van der Waals surface area contributed by atoms with Gasteiger partial charge in [-0.3, -0.25) is 4.79 Å². The SMILES string of the molecule is CN1CCC(Oc2cccc(NC(=O)c3ccc(Br)cc3)c2)CC1.Cl. The number of ether oxygens (including phenoxy) is 1. The van der Waals surface area contributed by atoms with E-state index < -0.39 is 0 Å². The molecule has 1 aliphatic heterocycles. The number of amides is 1. The highest BCUT2D eigenvalue weighted by molar-refractivity contribution is 9.10. The van der Waals surface area contributed by atoms with Crippen LogP contribution in [0.15, 0.2) is 53.0 Å². The van der Waals surface area contributed by atoms with Crippen LogP contribution in [-0.2, 0) is 0 Å². The Balaban J connectivity index is 0.00000225. The second-order valence-electron chi connectivity index (χ2n) is 6.11. The molecular weight excluding hydrogens is 404 g/mol. The fourth-order valence-electron chi connectivity index (χ4n) is 2.75. The number of anilines is 1. The number of carbonyl (C=O) groups is 1. The monoisotopic (exact) mass is 424 g/mol. The summed E-state index contributed by atoms with van der Waals surface area (Å²) in [6.07, 6.45) is 2.32. The van der Waals surface area contributed by atoms with Gasteiger partial charge in [0, 0.05) is 34.9 Å². The van der Waals surface area contributed by atoms with Gasteiger partial charge in [0.25, 0.3) is 5.91 Å². The van der Waals surface area contributed by atoms with E-state index in [0.717, 1.165) is 41.8 Å². The maximum Gasteiger partial charge on any atom is 0.255 e. The summed E-state index contributed by atoms with van der Waals surface area (Å²) in [6, 6.07) is 14.9. The Kier molecular flexibility index (Phi) is 7.29. The van der Waals surface area contributed by atoms with Gasteiger partial charge in [0.05, 0.1) is 0 Å². The van der Waals surface area contributed by atoms with Crippen LogP contribution in [-0.4, -0.2) is 37.0 Å². The molecule has 0 atom stereocenters. The van der Waals surface area contributed by atoms with E-state index in [1.54, 1.807) is 12.1 Å². The molecule has 2 aromatic rings. The number of carbonyl (C=O) groups excluding carboxylic acids is 1. The van der Waals surface area contributed by atoms with Crippen LogP contribution >= 0.6 is 28.3 Å². The highest BCUT2D eigenvalue weighted by Crippen LogP contribution is 2.22. The van der Waals surface area contributed by atoms with Crippen molar-refractivity contribution in [3.05, 3.63) is 58.6 Å². The Bertz CT molecular complexity index is 701. The summed E-state index contributed by atoms with van der Waals surface area (Å²) in [5.41, 5.74) is 1.37. The molecule has 2 aromatic carbocycles. The largest absolute Gasteiger partial charge is 0.490 e. The first kappa shape index (κ1) is 19.8. The molecule has 0 spiro atoms. The third-order valence-electron chi connectivity index (χ3n) is 4.17. The Morgan fingerprint density at radius 3 is 2.52 bits per heavy atom. The highest BCUT2D eigenvalue weighted by Gasteiger charge is 2.18. The van der Waals surface area contributed by atoms with Gasteiger partial charge in [-0.05, 0) is 56.3 Å². The molecule has 0 saturated carbocycles. The molecular formula is C19H22BrClN2O2. The molecule has 134 valence electrons. The Labute approximate surface area is 163 Å². The maximum absolute atomic E-state index is 12.3. The average Bonchev–Trinajstić information content (AvgIpc) is 2.58. The number of hydrogen-bond acceptors (Lipinski definition) is 3. The van der Waals surface area contributed by atoms with Crippen LogP contribution in [0.4, 0.5) is 5.69 Å². The number of hydrogen-bond donors (Lipinski definition) is 1. The van der Waals surface area contributed by atoms with Gasteiger partial charge in [-0.25, -0.2) is 0 Å². The maximum atomic E-state index is 12.3. The summed E-state index contributed by atoms with van der Waals surface area (Å²) >= 11 is 3.37. The number of nitrogens with one attached hydrogen (secondary N) is 1. The van der Waals surface area contributed by atoms with E-state index in [9.17, 15) is 4.79 Å². The number of likely N-dealkylation sites (tertiary alicyclic amines) is 1. The number of benzene rings is 2. The topological polar surface area (TPSA) is 41.6 Å². The molecule has 1 amide bonds. The molecule has 0 aliphatic carbocycles. The zero-order valence-corrected chi connectivity index (χ0v) is 16.5. The summed E-state index contributed by atoms with van der Waals surface area (Å²) in [7, 11) is 2.13. The molecule has 0 radical (unpaired) electrons. The Morgan fingerprint density at radius 2 is 1.84 bits per heavy atom. The van der Waals surface area contributed by atoms with Gasteiger partial charge < -0.3 is 15.0 Å². The molecule has 1 N–H and O–H groups in total. The lowest BCUT2D eigenvalue weighted by molar-refractivity contribution is 0.102. The lowest BCUT2D eigenvalue weighted by Gasteiger charge is -2.29. The zero-order chi connectivity index (χ0) is 16.9. The highest BCUT2D eigenvalue weighted by atomic mass is 79.9. The van der Waals surface area contributed by atoms with Crippen molar-refractivity contribution in [3.63, 3.8) is 0 Å². The summed E-state index contributed by atoms with van der Waals surface area (Å²) < 4.78 is 7.01. The zero-order valence-electron chi connectivity index (χ0n) is 14.1. The fraction of sp³-hybridized carbons (Fsp3) is 0.316. The van der Waals surface area contributed by atoms with Crippen LogP contribution < -0.4 is 10.1 Å². The van der Waals surface area contributed by atoms with Crippen molar-refractivity contribution in [2.75, 3.05) is 25.5 Å². The van der Waals surface area contributed by atoms with Crippen molar-refractivity contribution in [2.45, 2.75) is 18.9 Å². The quantitative estimate of drug-likeness (QED) is 0.778. The molecule has 0 aromatic heterocycles. The van der Waals surface area contributed by atoms with Crippen molar-refractivity contribution in [3.8, 4) is 5.75 Å². The van der Waals surface area contributed by atoms with Gasteiger partial charge in [0.15, 0.2) is 0 Å². The van der Waals surface area contributed by atoms with Gasteiger partial charge in [-0.2, -0.15) is 0 Å². The lowest BCUT2D eigenvalue weighted by Crippen LogP contribution is -2.35. The standard InChI is InChI=1S/C19H21BrN2O2.ClH/c1-22-11-9-17(10-12-22)24-18-4-2-3-16(13-18)21-19(23)14-5-7-15(20)8-6-14;/h2-8,13,17H,9-12H2,1H3,(H,21,23);1H. The second-order valence-corrected chi connectivity index (χ2v) is 7.03. The number of halogens is 2. The van der Waals surface area contributed by atoms with E-state index in [2.05, 4.69) is 33.2 Å². The molecule has 4 nitrogen and oxygen atoms in total. The Morgan fingerprint density at radius 1 is 1.16 bits per heavy atom. The molecule has 1 saturated heterocycles. The van der Waals surface area contributed by atoms with Crippen LogP contribution in [0.5, 0.6) is 5.75 Å². The van der Waals surface area contributed by atoms with E-state index in [1.807, 2.05) is 36.4 Å². The molecule has 0 unspecified atom stereocenters. The molecule has 3 rings (SSSR count). The van der Waals surface area contributed by atoms with Crippen LogP contribution in [0.1, 0.15) is 23.2 Å². The van der Waals surface area contributed by atoms with Gasteiger partial charge >= 0.3 is 0 Å². The first-order valence-electron chi connectivity index (χ1n) is 8.12. The van der Waals surface area contributed by atoms with Crippen molar-refractivity contribution < 1.29 is 9.53 Å². The fourth-order valence-corrected chi connectivity index (χ4v) is 3.01. The molecule has 1 fully saturated rings. The lowest BCUT2D eigenvalue weighted by atomic mass is 10.1. The molecule has 0 bridgehead atoms. The summed E-state index contributed by atoms with van der Waals surface area (Å²) in [6.45, 7) is 2.12. The predicted octanol–water partition coefficient (Wildman–Crippen LogP) is 4.60. The minimum Gasteiger partial charge on any atom is -0.490 e. The van der Waals surface area contributed by atoms with Crippen molar-refractivity contribution in [1.82, 2.24) is 4.90 Å². The first-order valence-corrected chi connectivity index (χ1v) is 8.91. The number of nitrogens with zero attached hydrogens (tertiary/aromatic N) is 1. The van der Waals surface area contributed by atoms with Gasteiger partial charge in [-0.15, -0.1) is 12.4 Å². The van der Waals surface area contributed by atoms with Crippen LogP contribution in [0.2, 0.25) is 0 Å². The molecule has 1 aliphatic rings. The minimum absolute atomic E-state index is 0. The van der Waals surface area contributed by atoms with E-state index in [-0.39, 0.29) is 24.4 Å². The number of rotatable bonds is 4. The smallest absolute Gasteiger partial charge is 0.255 e. The van der Waals surface area contributed by atoms with E-state index in [1.165, 1.54) is 0 Å². The van der Waals surface area contributed by atoms with Crippen LogP contribution in [0.3, 0.4) is 0 Å². The number of piperidine rings is 1. The van der Waals surface area contributed by atoms with E-state index >= 15 is 0 Å². The summed E-state index contributed by atoms with van der Waals surface area (Å²) in [5.74, 6) is 0.678. The van der Waals surface area contributed by atoms with Gasteiger partial charge in [0.2, 0.25) is 0 Å².